The number of ether oxygens (including phenoxy) is 2. The molecule has 0 aliphatic heterocycles. The minimum Gasteiger partial charge on any atom is -0.495 e. The quantitative estimate of drug-likeness (QED) is 0.407. The Morgan fingerprint density at radius 3 is 2.45 bits per heavy atom. The SMILES string of the molecule is COc1ccc(C)cc1N(CC(=O)N/N=C/c1ccc(OCC(N)=O)cc1)S(C)(=O)=O. The number of methoxy groups -OCH3 is 1. The predicted octanol–water partition coefficient (Wildman–Crippen LogP) is 0.784. The summed E-state index contributed by atoms with van der Waals surface area (Å²) in [5, 5.41) is 3.84. The molecule has 2 aromatic rings. The van der Waals surface area contributed by atoms with Gasteiger partial charge in [0.15, 0.2) is 6.61 Å². The molecule has 2 aromatic carbocycles. The van der Waals surface area contributed by atoms with Crippen LogP contribution >= 0.6 is 0 Å². The van der Waals surface area contributed by atoms with E-state index in [0.29, 0.717) is 17.1 Å². The highest BCUT2D eigenvalue weighted by Crippen LogP contribution is 2.30. The number of anilines is 1. The molecule has 0 atom stereocenters. The lowest BCUT2D eigenvalue weighted by atomic mass is 10.2. The molecule has 0 unspecified atom stereocenters. The Kier molecular flexibility index (Phi) is 7.97. The Bertz CT molecular complexity index is 1070. The molecule has 0 saturated heterocycles. The number of hydrazone groups is 1. The zero-order valence-corrected chi connectivity index (χ0v) is 18.2. The van der Waals surface area contributed by atoms with Gasteiger partial charge >= 0.3 is 0 Å². The number of nitrogens with one attached hydrogen (secondary N) is 1. The molecule has 0 bridgehead atoms. The number of rotatable bonds is 10. The number of carbonyl (C=O) groups is 2. The van der Waals surface area contributed by atoms with Crippen molar-refractivity contribution < 1.29 is 27.5 Å². The van der Waals surface area contributed by atoms with Gasteiger partial charge in [-0.25, -0.2) is 13.8 Å². The van der Waals surface area contributed by atoms with Crippen molar-refractivity contribution in [1.82, 2.24) is 5.43 Å². The average molecular weight is 449 g/mol. The van der Waals surface area contributed by atoms with Crippen LogP contribution in [-0.2, 0) is 19.6 Å². The van der Waals surface area contributed by atoms with Crippen molar-refractivity contribution in [2.45, 2.75) is 6.92 Å². The average Bonchev–Trinajstić information content (AvgIpc) is 2.70. The predicted molar refractivity (Wildman–Crippen MR) is 117 cm³/mol. The van der Waals surface area contributed by atoms with Crippen LogP contribution in [0, 0.1) is 6.92 Å². The summed E-state index contributed by atoms with van der Waals surface area (Å²) in [5.74, 6) is -0.437. The van der Waals surface area contributed by atoms with Gasteiger partial charge in [0.1, 0.15) is 18.0 Å². The fraction of sp³-hybridized carbons (Fsp3) is 0.250. The first-order chi connectivity index (χ1) is 14.6. The van der Waals surface area contributed by atoms with Gasteiger partial charge in [0.25, 0.3) is 11.8 Å². The van der Waals surface area contributed by atoms with E-state index in [-0.39, 0.29) is 12.3 Å². The molecule has 0 aliphatic carbocycles. The Labute approximate surface area is 180 Å². The van der Waals surface area contributed by atoms with E-state index in [2.05, 4.69) is 10.5 Å². The van der Waals surface area contributed by atoms with Gasteiger partial charge in [0.2, 0.25) is 10.0 Å². The largest absolute Gasteiger partial charge is 0.495 e. The highest BCUT2D eigenvalue weighted by atomic mass is 32.2. The lowest BCUT2D eigenvalue weighted by Crippen LogP contribution is -2.39. The zero-order valence-electron chi connectivity index (χ0n) is 17.4. The van der Waals surface area contributed by atoms with Crippen molar-refractivity contribution in [3.05, 3.63) is 53.6 Å². The molecule has 0 radical (unpaired) electrons. The van der Waals surface area contributed by atoms with Crippen molar-refractivity contribution in [2.75, 3.05) is 30.8 Å². The summed E-state index contributed by atoms with van der Waals surface area (Å²) in [7, 11) is -2.34. The summed E-state index contributed by atoms with van der Waals surface area (Å²) in [5.41, 5.74) is 9.03. The van der Waals surface area contributed by atoms with Crippen LogP contribution in [0.25, 0.3) is 0 Å². The fourth-order valence-corrected chi connectivity index (χ4v) is 3.38. The van der Waals surface area contributed by atoms with Crippen LogP contribution in [0.3, 0.4) is 0 Å². The Hall–Kier alpha value is -3.60. The number of amides is 2. The van der Waals surface area contributed by atoms with E-state index in [9.17, 15) is 18.0 Å². The van der Waals surface area contributed by atoms with Crippen LogP contribution in [-0.4, -0.2) is 53.0 Å². The molecule has 10 nitrogen and oxygen atoms in total. The van der Waals surface area contributed by atoms with Crippen LogP contribution in [0.2, 0.25) is 0 Å². The highest BCUT2D eigenvalue weighted by Gasteiger charge is 2.24. The Morgan fingerprint density at radius 1 is 1.19 bits per heavy atom. The molecule has 0 fully saturated rings. The standard InChI is InChI=1S/C20H24N4O6S/c1-14-4-9-18(29-2)17(10-14)24(31(3,27)28)12-20(26)23-22-11-15-5-7-16(8-6-15)30-13-19(21)25/h4-11H,12-13H2,1-3H3,(H2,21,25)(H,23,26)/b22-11+. The maximum atomic E-state index is 12.3. The fourth-order valence-electron chi connectivity index (χ4n) is 2.53. The van der Waals surface area contributed by atoms with Crippen LogP contribution in [0.4, 0.5) is 5.69 Å². The third kappa shape index (κ3) is 7.30. The molecule has 0 aromatic heterocycles. The first-order valence-electron chi connectivity index (χ1n) is 9.05. The molecular weight excluding hydrogens is 424 g/mol. The topological polar surface area (TPSA) is 140 Å². The maximum Gasteiger partial charge on any atom is 0.260 e. The molecule has 11 heteroatoms. The van der Waals surface area contributed by atoms with E-state index in [1.54, 1.807) is 49.4 Å². The van der Waals surface area contributed by atoms with Gasteiger partial charge in [-0.05, 0) is 54.4 Å². The summed E-state index contributed by atoms with van der Waals surface area (Å²) in [4.78, 5) is 23.0. The van der Waals surface area contributed by atoms with Crippen molar-refractivity contribution in [3.63, 3.8) is 0 Å². The number of primary amides is 1. The maximum absolute atomic E-state index is 12.3. The molecule has 0 aliphatic rings. The van der Waals surface area contributed by atoms with Gasteiger partial charge in [-0.3, -0.25) is 13.9 Å². The second-order valence-corrected chi connectivity index (χ2v) is 8.47. The van der Waals surface area contributed by atoms with E-state index in [0.717, 1.165) is 16.1 Å². The summed E-state index contributed by atoms with van der Waals surface area (Å²) in [6, 6.07) is 11.6. The second kappa shape index (κ2) is 10.4. The van der Waals surface area contributed by atoms with Crippen molar-refractivity contribution in [1.29, 1.82) is 0 Å². The number of nitrogens with two attached hydrogens (primary N) is 1. The number of hydrogen-bond donors (Lipinski definition) is 2. The minimum atomic E-state index is -3.76. The Morgan fingerprint density at radius 2 is 1.87 bits per heavy atom. The molecule has 2 amide bonds. The van der Waals surface area contributed by atoms with E-state index < -0.39 is 28.4 Å². The number of nitrogens with zero attached hydrogens (tertiary/aromatic N) is 2. The number of aryl methyl sites for hydroxylation is 1. The van der Waals surface area contributed by atoms with Crippen LogP contribution in [0.15, 0.2) is 47.6 Å². The first kappa shape index (κ1) is 23.7. The van der Waals surface area contributed by atoms with Gasteiger partial charge in [-0.1, -0.05) is 6.07 Å². The third-order valence-electron chi connectivity index (χ3n) is 3.95. The molecular formula is C20H24N4O6S. The van der Waals surface area contributed by atoms with Crippen LogP contribution < -0.4 is 24.9 Å². The molecule has 166 valence electrons. The molecule has 0 saturated carbocycles. The summed E-state index contributed by atoms with van der Waals surface area (Å²) < 4.78 is 35.9. The number of benzene rings is 2. The smallest absolute Gasteiger partial charge is 0.260 e. The first-order valence-corrected chi connectivity index (χ1v) is 10.9. The molecule has 2 rings (SSSR count). The van der Waals surface area contributed by atoms with Gasteiger partial charge in [-0.2, -0.15) is 5.10 Å². The molecule has 3 N–H and O–H groups in total. The summed E-state index contributed by atoms with van der Waals surface area (Å²) in [6.07, 6.45) is 2.39. The van der Waals surface area contributed by atoms with Gasteiger partial charge in [-0.15, -0.1) is 0 Å². The zero-order chi connectivity index (χ0) is 23.0. The molecule has 0 spiro atoms. The van der Waals surface area contributed by atoms with Crippen molar-refractivity contribution in [2.24, 2.45) is 10.8 Å². The lowest BCUT2D eigenvalue weighted by Gasteiger charge is -2.23. The number of carbonyl (C=O) groups excluding carboxylic acids is 2. The van der Waals surface area contributed by atoms with E-state index >= 15 is 0 Å². The Balaban J connectivity index is 2.05. The van der Waals surface area contributed by atoms with Crippen LogP contribution in [0.1, 0.15) is 11.1 Å². The lowest BCUT2D eigenvalue weighted by molar-refractivity contribution is -0.120. The van der Waals surface area contributed by atoms with Crippen LogP contribution in [0.5, 0.6) is 11.5 Å². The summed E-state index contributed by atoms with van der Waals surface area (Å²) in [6.45, 7) is 1.10. The second-order valence-electron chi connectivity index (χ2n) is 6.56. The highest BCUT2D eigenvalue weighted by molar-refractivity contribution is 7.92. The van der Waals surface area contributed by atoms with E-state index in [1.807, 2.05) is 0 Å². The van der Waals surface area contributed by atoms with Gasteiger partial charge in [0, 0.05) is 0 Å². The molecule has 31 heavy (non-hydrogen) atoms. The van der Waals surface area contributed by atoms with E-state index in [4.69, 9.17) is 15.2 Å². The minimum absolute atomic E-state index is 0.230. The van der Waals surface area contributed by atoms with Gasteiger partial charge in [0.05, 0.1) is 25.3 Å². The van der Waals surface area contributed by atoms with Crippen molar-refractivity contribution in [3.8, 4) is 11.5 Å². The van der Waals surface area contributed by atoms with Gasteiger partial charge < -0.3 is 15.2 Å². The third-order valence-corrected chi connectivity index (χ3v) is 5.08. The van der Waals surface area contributed by atoms with E-state index in [1.165, 1.54) is 13.3 Å². The molecule has 0 heterocycles. The monoisotopic (exact) mass is 448 g/mol. The number of hydrogen-bond acceptors (Lipinski definition) is 7. The normalized spacial score (nSPS) is 11.2. The van der Waals surface area contributed by atoms with Crippen molar-refractivity contribution >= 4 is 33.7 Å². The summed E-state index contributed by atoms with van der Waals surface area (Å²) >= 11 is 0. The number of sulfonamides is 1.